The number of hydrogen-bond acceptors (Lipinski definition) is 19. The predicted octanol–water partition coefficient (Wildman–Crippen LogP) is -9.08. The predicted molar refractivity (Wildman–Crippen MR) is 146 cm³/mol. The smallest absolute Gasteiger partial charge is 0.394 e. The van der Waals surface area contributed by atoms with Crippen LogP contribution in [0.4, 0.5) is 0 Å². The Bertz CT molecular complexity index is 1020. The standard InChI is InChI=1S/C22H43N5O13.H2O4S/c23-2-1-8(29)20(36)27-11-12(30)10(5-28)38-21(14(11)32)39-18-6(25)3-7(26)19(17(18)35)40-22-16(34)15(33)13(31)9(4-24)37-22;1-5(2,3)4/h6-19,21-22,28-35H,1-5,23-26H2,(H,27,36);(H2,1,2,3,4)/t6-,7+,8+,9?,10?,11-,12-,13-,14?,15-,16?,17-,18+,19-,21-,22+;/m1./s1. The zero-order valence-corrected chi connectivity index (χ0v) is 24.6. The lowest BCUT2D eigenvalue weighted by molar-refractivity contribution is -0.332. The quantitative estimate of drug-likeness (QED) is 0.0950. The van der Waals surface area contributed by atoms with Gasteiger partial charge in [0.25, 0.3) is 0 Å². The van der Waals surface area contributed by atoms with Gasteiger partial charge in [-0.15, -0.1) is 0 Å². The molecule has 266 valence electrons. The molecule has 0 bridgehead atoms. The first-order valence-electron chi connectivity index (χ1n) is 13.8. The maximum absolute atomic E-state index is 12.3. The van der Waals surface area contributed by atoms with Gasteiger partial charge in [0.2, 0.25) is 5.91 Å². The fourth-order valence-corrected chi connectivity index (χ4v) is 5.09. The third-order valence-electron chi connectivity index (χ3n) is 7.48. The molecule has 1 amide bonds. The van der Waals surface area contributed by atoms with E-state index in [2.05, 4.69) is 5.32 Å². The van der Waals surface area contributed by atoms with E-state index in [4.69, 9.17) is 59.4 Å². The summed E-state index contributed by atoms with van der Waals surface area (Å²) in [5.41, 5.74) is 23.2. The summed E-state index contributed by atoms with van der Waals surface area (Å²) in [4.78, 5) is 12.3. The Balaban J connectivity index is 0.00000130. The van der Waals surface area contributed by atoms with Crippen LogP contribution in [0.25, 0.3) is 0 Å². The Hall–Kier alpha value is -1.30. The van der Waals surface area contributed by atoms with Crippen molar-refractivity contribution in [1.82, 2.24) is 5.32 Å². The number of hydrogen-bond donors (Lipinski definition) is 15. The maximum Gasteiger partial charge on any atom is 0.394 e. The third-order valence-corrected chi connectivity index (χ3v) is 7.48. The van der Waals surface area contributed by atoms with Gasteiger partial charge < -0.3 is 88.1 Å². The highest BCUT2D eigenvalue weighted by atomic mass is 32.3. The van der Waals surface area contributed by atoms with Gasteiger partial charge >= 0.3 is 10.4 Å². The van der Waals surface area contributed by atoms with E-state index in [1.54, 1.807) is 0 Å². The van der Waals surface area contributed by atoms with E-state index in [0.717, 1.165) is 0 Å². The van der Waals surface area contributed by atoms with Gasteiger partial charge in [-0.2, -0.15) is 8.42 Å². The van der Waals surface area contributed by atoms with Crippen molar-refractivity contribution in [2.24, 2.45) is 22.9 Å². The Labute approximate surface area is 257 Å². The summed E-state index contributed by atoms with van der Waals surface area (Å²) in [6, 6.07) is -3.32. The average Bonchev–Trinajstić information content (AvgIpc) is 2.95. The van der Waals surface area contributed by atoms with Crippen LogP contribution < -0.4 is 28.3 Å². The third kappa shape index (κ3) is 10.6. The largest absolute Gasteiger partial charge is 0.394 e. The van der Waals surface area contributed by atoms with Crippen LogP contribution in [0.15, 0.2) is 0 Å². The highest BCUT2D eigenvalue weighted by Gasteiger charge is 2.52. The number of nitrogens with one attached hydrogen (secondary N) is 1. The number of rotatable bonds is 10. The minimum absolute atomic E-state index is 0.00101. The molecule has 1 aliphatic carbocycles. The normalized spacial score (nSPS) is 43.1. The Morgan fingerprint density at radius 2 is 1.31 bits per heavy atom. The second-order valence-electron chi connectivity index (χ2n) is 10.8. The molecule has 0 spiro atoms. The average molecular weight is 684 g/mol. The van der Waals surface area contributed by atoms with Gasteiger partial charge in [0.15, 0.2) is 12.6 Å². The van der Waals surface area contributed by atoms with E-state index in [1.165, 1.54) is 0 Å². The van der Waals surface area contributed by atoms with E-state index < -0.39 is 121 Å². The van der Waals surface area contributed by atoms with Crippen LogP contribution in [-0.4, -0.2) is 182 Å². The van der Waals surface area contributed by atoms with Gasteiger partial charge in [-0.25, -0.2) is 0 Å². The molecule has 0 aromatic carbocycles. The highest BCUT2D eigenvalue weighted by Crippen LogP contribution is 2.31. The van der Waals surface area contributed by atoms with Crippen molar-refractivity contribution < 1.29 is 82.1 Å². The molecule has 2 saturated heterocycles. The molecule has 3 fully saturated rings. The molecular formula is C22H45N5O17S. The molecule has 0 aromatic heterocycles. The zero-order chi connectivity index (χ0) is 34.4. The second kappa shape index (κ2) is 17.2. The molecule has 22 nitrogen and oxygen atoms in total. The number of aliphatic hydroxyl groups excluding tert-OH is 8. The van der Waals surface area contributed by atoms with Crippen molar-refractivity contribution in [3.63, 3.8) is 0 Å². The molecule has 1 saturated carbocycles. The van der Waals surface area contributed by atoms with Gasteiger partial charge in [0.1, 0.15) is 67.1 Å². The number of nitrogens with two attached hydrogens (primary N) is 4. The van der Waals surface area contributed by atoms with Crippen LogP contribution in [0.5, 0.6) is 0 Å². The first-order valence-corrected chi connectivity index (χ1v) is 15.2. The number of carbonyl (C=O) groups excluding carboxylic acids is 1. The van der Waals surface area contributed by atoms with Gasteiger partial charge in [0.05, 0.1) is 12.6 Å². The lowest BCUT2D eigenvalue weighted by Crippen LogP contribution is -2.69. The summed E-state index contributed by atoms with van der Waals surface area (Å²) >= 11 is 0. The number of ether oxygens (including phenoxy) is 4. The van der Waals surface area contributed by atoms with Crippen LogP contribution >= 0.6 is 0 Å². The molecule has 3 aliphatic rings. The van der Waals surface area contributed by atoms with Crippen LogP contribution in [-0.2, 0) is 34.1 Å². The molecule has 19 N–H and O–H groups in total. The Morgan fingerprint density at radius 1 is 0.822 bits per heavy atom. The van der Waals surface area contributed by atoms with E-state index in [-0.39, 0.29) is 25.9 Å². The van der Waals surface area contributed by atoms with Crippen molar-refractivity contribution >= 4 is 16.3 Å². The first kappa shape index (κ1) is 39.9. The number of amides is 1. The zero-order valence-electron chi connectivity index (χ0n) is 23.8. The molecule has 4 unspecified atom stereocenters. The van der Waals surface area contributed by atoms with Crippen LogP contribution in [0.2, 0.25) is 0 Å². The lowest BCUT2D eigenvalue weighted by atomic mass is 9.84. The minimum atomic E-state index is -4.67. The lowest BCUT2D eigenvalue weighted by Gasteiger charge is -2.48. The molecule has 2 heterocycles. The van der Waals surface area contributed by atoms with Gasteiger partial charge in [-0.1, -0.05) is 0 Å². The molecule has 0 aromatic rings. The first-order chi connectivity index (χ1) is 20.9. The molecule has 45 heavy (non-hydrogen) atoms. The summed E-state index contributed by atoms with van der Waals surface area (Å²) in [5, 5.41) is 85.0. The van der Waals surface area contributed by atoms with Crippen molar-refractivity contribution in [2.45, 2.75) is 111 Å². The maximum atomic E-state index is 12.3. The van der Waals surface area contributed by atoms with E-state index in [0.29, 0.717) is 0 Å². The molecular weight excluding hydrogens is 638 g/mol. The van der Waals surface area contributed by atoms with E-state index in [9.17, 15) is 45.6 Å². The summed E-state index contributed by atoms with van der Waals surface area (Å²) in [7, 11) is -4.67. The molecule has 16 atom stereocenters. The fourth-order valence-electron chi connectivity index (χ4n) is 5.09. The summed E-state index contributed by atoms with van der Waals surface area (Å²) < 4.78 is 54.0. The summed E-state index contributed by atoms with van der Waals surface area (Å²) in [5.74, 6) is -0.936. The van der Waals surface area contributed by atoms with Crippen LogP contribution in [0.3, 0.4) is 0 Å². The topological polar surface area (TPSA) is 407 Å². The minimum Gasteiger partial charge on any atom is -0.394 e. The van der Waals surface area contributed by atoms with Crippen molar-refractivity contribution in [3.05, 3.63) is 0 Å². The Morgan fingerprint density at radius 3 is 1.78 bits per heavy atom. The van der Waals surface area contributed by atoms with Crippen molar-refractivity contribution in [1.29, 1.82) is 0 Å². The monoisotopic (exact) mass is 683 g/mol. The SMILES string of the molecule is NCC[C@H](O)C(=O)N[C@H]1C(O)[C@@H](O[C@@H]2[C@@H](O)[C@H](O[C@@H]3OC(CN)[C@@H](O)[C@@H](O)C3O)[C@@H](N)C[C@H]2N)OC(CO)[C@H]1O.O=S(=O)(O)O. The Kier molecular flexibility index (Phi) is 15.2. The van der Waals surface area contributed by atoms with Gasteiger partial charge in [-0.3, -0.25) is 13.9 Å². The summed E-state index contributed by atoms with van der Waals surface area (Å²) in [6.45, 7) is -0.957. The molecule has 3 rings (SSSR count). The summed E-state index contributed by atoms with van der Waals surface area (Å²) in [6.07, 6.45) is -19.7. The number of carbonyl (C=O) groups is 1. The molecule has 23 heteroatoms. The van der Waals surface area contributed by atoms with Gasteiger partial charge in [0, 0.05) is 18.6 Å². The van der Waals surface area contributed by atoms with Crippen LogP contribution in [0.1, 0.15) is 12.8 Å². The van der Waals surface area contributed by atoms with Gasteiger partial charge in [-0.05, 0) is 19.4 Å². The number of aliphatic hydroxyl groups is 8. The highest BCUT2D eigenvalue weighted by molar-refractivity contribution is 7.79. The fraction of sp³-hybridized carbons (Fsp3) is 0.955. The van der Waals surface area contributed by atoms with Crippen molar-refractivity contribution in [2.75, 3.05) is 19.7 Å². The molecule has 2 aliphatic heterocycles. The van der Waals surface area contributed by atoms with Crippen LogP contribution in [0, 0.1) is 0 Å². The molecule has 0 radical (unpaired) electrons. The van der Waals surface area contributed by atoms with Crippen molar-refractivity contribution in [3.8, 4) is 0 Å². The van der Waals surface area contributed by atoms with E-state index >= 15 is 0 Å². The second-order valence-corrected chi connectivity index (χ2v) is 11.7. The van der Waals surface area contributed by atoms with E-state index in [1.807, 2.05) is 0 Å².